The Labute approximate surface area is 98.4 Å². The fourth-order valence-electron chi connectivity index (χ4n) is 2.40. The van der Waals surface area contributed by atoms with Gasteiger partial charge < -0.3 is 9.47 Å². The van der Waals surface area contributed by atoms with Gasteiger partial charge in [-0.05, 0) is 33.7 Å². The molecular formula is C15H10O2. The topological polar surface area (TPSA) is 18.5 Å². The molecule has 1 aliphatic rings. The van der Waals surface area contributed by atoms with Crippen molar-refractivity contribution >= 4 is 21.5 Å². The lowest BCUT2D eigenvalue weighted by Gasteiger charge is -2.05. The van der Waals surface area contributed by atoms with Crippen LogP contribution in [0.25, 0.3) is 21.5 Å². The number of ether oxygens (including phenoxy) is 2. The average molecular weight is 222 g/mol. The second kappa shape index (κ2) is 3.14. The van der Waals surface area contributed by atoms with E-state index in [0.29, 0.717) is 6.79 Å². The number of hydrogen-bond donors (Lipinski definition) is 0. The molecule has 4 rings (SSSR count). The zero-order valence-electron chi connectivity index (χ0n) is 9.14. The molecule has 1 heterocycles. The van der Waals surface area contributed by atoms with E-state index >= 15 is 0 Å². The molecular weight excluding hydrogens is 212 g/mol. The van der Waals surface area contributed by atoms with Crippen molar-refractivity contribution in [3.05, 3.63) is 48.5 Å². The number of hydrogen-bond acceptors (Lipinski definition) is 2. The minimum atomic E-state index is 0.323. The Bertz CT molecular complexity index is 731. The third kappa shape index (κ3) is 1.21. The predicted octanol–water partition coefficient (Wildman–Crippen LogP) is 3.72. The molecule has 0 bridgehead atoms. The Morgan fingerprint density at radius 1 is 0.706 bits per heavy atom. The highest BCUT2D eigenvalue weighted by Crippen LogP contribution is 2.38. The maximum atomic E-state index is 5.43. The lowest BCUT2D eigenvalue weighted by Crippen LogP contribution is -1.92. The summed E-state index contributed by atoms with van der Waals surface area (Å²) in [7, 11) is 0. The molecule has 2 heteroatoms. The third-order valence-electron chi connectivity index (χ3n) is 3.24. The van der Waals surface area contributed by atoms with E-state index in [1.807, 2.05) is 6.07 Å². The van der Waals surface area contributed by atoms with Crippen LogP contribution in [0.2, 0.25) is 0 Å². The Balaban J connectivity index is 2.19. The van der Waals surface area contributed by atoms with Crippen molar-refractivity contribution in [1.29, 1.82) is 0 Å². The molecule has 1 aliphatic heterocycles. The van der Waals surface area contributed by atoms with E-state index in [9.17, 15) is 0 Å². The summed E-state index contributed by atoms with van der Waals surface area (Å²) in [5, 5.41) is 4.91. The zero-order chi connectivity index (χ0) is 11.2. The molecule has 0 saturated carbocycles. The SMILES string of the molecule is c1ccc2c(c1)ccc1cc3c(cc12)OCO3. The maximum absolute atomic E-state index is 5.43. The standard InChI is InChI=1S/C15H10O2/c1-2-4-12-10(3-1)5-6-11-7-14-15(8-13(11)12)17-9-16-14/h1-8H,9H2. The van der Waals surface area contributed by atoms with E-state index in [2.05, 4.69) is 42.5 Å². The Hall–Kier alpha value is -2.22. The van der Waals surface area contributed by atoms with E-state index in [-0.39, 0.29) is 0 Å². The third-order valence-corrected chi connectivity index (χ3v) is 3.24. The molecule has 0 fully saturated rings. The number of rotatable bonds is 0. The van der Waals surface area contributed by atoms with Crippen molar-refractivity contribution in [1.82, 2.24) is 0 Å². The van der Waals surface area contributed by atoms with Crippen molar-refractivity contribution in [2.24, 2.45) is 0 Å². The number of fused-ring (bicyclic) bond motifs is 4. The summed E-state index contributed by atoms with van der Waals surface area (Å²) in [4.78, 5) is 0. The lowest BCUT2D eigenvalue weighted by molar-refractivity contribution is 0.174. The van der Waals surface area contributed by atoms with Gasteiger partial charge in [-0.25, -0.2) is 0 Å². The largest absolute Gasteiger partial charge is 0.454 e. The van der Waals surface area contributed by atoms with Crippen molar-refractivity contribution in [2.75, 3.05) is 6.79 Å². The molecule has 3 aromatic rings. The van der Waals surface area contributed by atoms with Gasteiger partial charge in [0.05, 0.1) is 0 Å². The van der Waals surface area contributed by atoms with E-state index in [4.69, 9.17) is 9.47 Å². The summed E-state index contributed by atoms with van der Waals surface area (Å²) in [6.45, 7) is 0.323. The second-order valence-electron chi connectivity index (χ2n) is 4.21. The average Bonchev–Trinajstić information content (AvgIpc) is 2.83. The van der Waals surface area contributed by atoms with Crippen LogP contribution in [0.15, 0.2) is 48.5 Å². The minimum Gasteiger partial charge on any atom is -0.454 e. The first-order valence-electron chi connectivity index (χ1n) is 5.63. The highest BCUT2D eigenvalue weighted by atomic mass is 16.7. The molecule has 0 atom stereocenters. The first-order chi connectivity index (χ1) is 8.42. The van der Waals surface area contributed by atoms with Crippen molar-refractivity contribution in [3.63, 3.8) is 0 Å². The summed E-state index contributed by atoms with van der Waals surface area (Å²) < 4.78 is 10.8. The van der Waals surface area contributed by atoms with Crippen LogP contribution in [-0.4, -0.2) is 6.79 Å². The van der Waals surface area contributed by atoms with Crippen LogP contribution in [-0.2, 0) is 0 Å². The molecule has 0 aromatic heterocycles. The van der Waals surface area contributed by atoms with Gasteiger partial charge in [0.25, 0.3) is 0 Å². The van der Waals surface area contributed by atoms with Crippen LogP contribution in [0.5, 0.6) is 11.5 Å². The second-order valence-corrected chi connectivity index (χ2v) is 4.21. The van der Waals surface area contributed by atoms with Crippen LogP contribution < -0.4 is 9.47 Å². The van der Waals surface area contributed by atoms with Gasteiger partial charge in [-0.1, -0.05) is 36.4 Å². The molecule has 82 valence electrons. The summed E-state index contributed by atoms with van der Waals surface area (Å²) >= 11 is 0. The van der Waals surface area contributed by atoms with Gasteiger partial charge in [0.1, 0.15) is 0 Å². The van der Waals surface area contributed by atoms with Crippen LogP contribution >= 0.6 is 0 Å². The summed E-state index contributed by atoms with van der Waals surface area (Å²) in [6, 6.07) is 16.8. The molecule has 2 nitrogen and oxygen atoms in total. The Morgan fingerprint density at radius 3 is 2.41 bits per heavy atom. The highest BCUT2D eigenvalue weighted by Gasteiger charge is 2.14. The Kier molecular flexibility index (Phi) is 1.64. The first-order valence-corrected chi connectivity index (χ1v) is 5.63. The van der Waals surface area contributed by atoms with Crippen LogP contribution in [0.3, 0.4) is 0 Å². The summed E-state index contributed by atoms with van der Waals surface area (Å²) in [6.07, 6.45) is 0. The fraction of sp³-hybridized carbons (Fsp3) is 0.0667. The molecule has 0 unspecified atom stereocenters. The van der Waals surface area contributed by atoms with E-state index in [0.717, 1.165) is 11.5 Å². The fourth-order valence-corrected chi connectivity index (χ4v) is 2.40. The summed E-state index contributed by atoms with van der Waals surface area (Å²) in [5.41, 5.74) is 0. The first kappa shape index (κ1) is 8.88. The molecule has 0 saturated heterocycles. The van der Waals surface area contributed by atoms with Crippen molar-refractivity contribution in [2.45, 2.75) is 0 Å². The van der Waals surface area contributed by atoms with Gasteiger partial charge in [-0.15, -0.1) is 0 Å². The van der Waals surface area contributed by atoms with Gasteiger partial charge in [-0.3, -0.25) is 0 Å². The van der Waals surface area contributed by atoms with Gasteiger partial charge in [0.15, 0.2) is 11.5 Å². The molecule has 0 radical (unpaired) electrons. The predicted molar refractivity (Wildman–Crippen MR) is 67.6 cm³/mol. The monoisotopic (exact) mass is 222 g/mol. The number of benzene rings is 3. The molecule has 0 aliphatic carbocycles. The molecule has 0 N–H and O–H groups in total. The van der Waals surface area contributed by atoms with Crippen molar-refractivity contribution < 1.29 is 9.47 Å². The van der Waals surface area contributed by atoms with E-state index in [1.165, 1.54) is 21.5 Å². The van der Waals surface area contributed by atoms with Gasteiger partial charge in [-0.2, -0.15) is 0 Å². The lowest BCUT2D eigenvalue weighted by atomic mass is 10.0. The van der Waals surface area contributed by atoms with Gasteiger partial charge in [0.2, 0.25) is 6.79 Å². The van der Waals surface area contributed by atoms with Gasteiger partial charge in [0, 0.05) is 0 Å². The smallest absolute Gasteiger partial charge is 0.231 e. The van der Waals surface area contributed by atoms with Crippen LogP contribution in [0.1, 0.15) is 0 Å². The van der Waals surface area contributed by atoms with E-state index < -0.39 is 0 Å². The normalized spacial score (nSPS) is 13.4. The molecule has 3 aromatic carbocycles. The van der Waals surface area contributed by atoms with Crippen LogP contribution in [0, 0.1) is 0 Å². The van der Waals surface area contributed by atoms with Crippen LogP contribution in [0.4, 0.5) is 0 Å². The maximum Gasteiger partial charge on any atom is 0.231 e. The molecule has 17 heavy (non-hydrogen) atoms. The van der Waals surface area contributed by atoms with Crippen molar-refractivity contribution in [3.8, 4) is 11.5 Å². The quantitative estimate of drug-likeness (QED) is 0.540. The Morgan fingerprint density at radius 2 is 1.47 bits per heavy atom. The minimum absolute atomic E-state index is 0.323. The zero-order valence-corrected chi connectivity index (χ0v) is 9.14. The summed E-state index contributed by atoms with van der Waals surface area (Å²) in [5.74, 6) is 1.68. The van der Waals surface area contributed by atoms with Gasteiger partial charge >= 0.3 is 0 Å². The van der Waals surface area contributed by atoms with E-state index in [1.54, 1.807) is 0 Å². The molecule has 0 spiro atoms. The highest BCUT2D eigenvalue weighted by molar-refractivity contribution is 6.08. The molecule has 0 amide bonds.